The summed E-state index contributed by atoms with van der Waals surface area (Å²) in [6, 6.07) is 4.33. The molecule has 4 N–H and O–H groups in total. The molecule has 128 valence electrons. The summed E-state index contributed by atoms with van der Waals surface area (Å²) in [4.78, 5) is 16.6. The molecule has 24 heavy (non-hydrogen) atoms. The van der Waals surface area contributed by atoms with Crippen LogP contribution in [-0.4, -0.2) is 16.8 Å². The van der Waals surface area contributed by atoms with Gasteiger partial charge >= 0.3 is 5.91 Å². The maximum atomic E-state index is 14.3. The summed E-state index contributed by atoms with van der Waals surface area (Å²) < 4.78 is 14.3. The van der Waals surface area contributed by atoms with Gasteiger partial charge in [0.25, 0.3) is 0 Å². The number of carbonyl (C=O) groups excluding carboxylic acids is 1. The number of carbonyl (C=O) groups is 1. The number of allylic oxidation sites excluding steroid dienone is 1. The number of amidine groups is 1. The molecule has 0 fully saturated rings. The van der Waals surface area contributed by atoms with Crippen LogP contribution >= 0.6 is 11.8 Å². The quantitative estimate of drug-likeness (QED) is 0.432. The average molecular weight is 368 g/mol. The fourth-order valence-corrected chi connectivity index (χ4v) is 3.40. The number of nitrogens with one attached hydrogen (secondary N) is 2. The summed E-state index contributed by atoms with van der Waals surface area (Å²) >= 11 is 4.59. The third kappa shape index (κ3) is 3.96. The largest absolute Gasteiger partial charge is 0.379 e. The highest BCUT2D eigenvalue weighted by atomic mass is 32.2. The van der Waals surface area contributed by atoms with Gasteiger partial charge in [-0.2, -0.15) is 5.11 Å². The Morgan fingerprint density at radius 3 is 2.92 bits per heavy atom. The van der Waals surface area contributed by atoms with Gasteiger partial charge in [0, 0.05) is 29.6 Å². The molecule has 1 aromatic carbocycles. The van der Waals surface area contributed by atoms with Gasteiger partial charge in [-0.25, -0.2) is 9.92 Å². The first-order valence-electron chi connectivity index (χ1n) is 7.16. The number of anilines is 1. The van der Waals surface area contributed by atoms with Gasteiger partial charge in [-0.1, -0.05) is 11.8 Å². The highest BCUT2D eigenvalue weighted by molar-refractivity contribution is 8.13. The molecule has 6 nitrogen and oxygen atoms in total. The van der Waals surface area contributed by atoms with Crippen LogP contribution in [0.2, 0.25) is 0 Å². The van der Waals surface area contributed by atoms with E-state index in [1.807, 2.05) is 6.92 Å². The van der Waals surface area contributed by atoms with Gasteiger partial charge in [0.2, 0.25) is 4.91 Å². The zero-order valence-electron chi connectivity index (χ0n) is 13.3. The number of aliphatic imine (C=N–C) groups is 1. The molecule has 1 atom stereocenters. The minimum atomic E-state index is -0.765. The van der Waals surface area contributed by atoms with Gasteiger partial charge in [-0.15, -0.1) is 0 Å². The Bertz CT molecular complexity index is 749. The summed E-state index contributed by atoms with van der Waals surface area (Å²) in [5.74, 6) is -0.115. The van der Waals surface area contributed by atoms with E-state index in [0.717, 1.165) is 5.75 Å². The fourth-order valence-electron chi connectivity index (χ4n) is 2.31. The number of amides is 1. The smallest absolute Gasteiger partial charge is 0.305 e. The molecule has 1 aliphatic rings. The SMILES string of the molecule is C/C(N=N)=C(/[SH2+])C(=O)Nc1ccc(F)c([C@]2(C)CCSC(N)=N2)c1. The van der Waals surface area contributed by atoms with Crippen molar-refractivity contribution in [2.75, 3.05) is 11.1 Å². The Kier molecular flexibility index (Phi) is 5.66. The maximum Gasteiger partial charge on any atom is 0.305 e. The first kappa shape index (κ1) is 18.5. The van der Waals surface area contributed by atoms with Crippen LogP contribution in [0.4, 0.5) is 10.1 Å². The first-order valence-corrected chi connectivity index (χ1v) is 8.65. The van der Waals surface area contributed by atoms with Crippen molar-refractivity contribution in [3.63, 3.8) is 0 Å². The monoisotopic (exact) mass is 368 g/mol. The van der Waals surface area contributed by atoms with Crippen LogP contribution in [0.3, 0.4) is 0 Å². The van der Waals surface area contributed by atoms with Gasteiger partial charge in [-0.05, 0) is 38.5 Å². The minimum Gasteiger partial charge on any atom is -0.379 e. The topological polar surface area (TPSA) is 104 Å². The zero-order valence-corrected chi connectivity index (χ0v) is 15.1. The van der Waals surface area contributed by atoms with Crippen LogP contribution in [0.15, 0.2) is 38.9 Å². The minimum absolute atomic E-state index is 0.137. The highest BCUT2D eigenvalue weighted by Crippen LogP contribution is 2.37. The molecule has 0 radical (unpaired) electrons. The molecule has 0 aromatic heterocycles. The van der Waals surface area contributed by atoms with E-state index in [4.69, 9.17) is 11.3 Å². The number of thioether (sulfide) groups is 1. The van der Waals surface area contributed by atoms with Crippen molar-refractivity contribution in [3.05, 3.63) is 40.2 Å². The molecular formula is C15H19FN5OS2+. The predicted octanol–water partition coefficient (Wildman–Crippen LogP) is 2.70. The summed E-state index contributed by atoms with van der Waals surface area (Å²) in [6.07, 6.45) is 0.646. The molecule has 0 spiro atoms. The van der Waals surface area contributed by atoms with Gasteiger partial charge in [0.15, 0.2) is 5.17 Å². The fraction of sp³-hybridized carbons (Fsp3) is 0.333. The van der Waals surface area contributed by atoms with E-state index in [9.17, 15) is 9.18 Å². The number of nitrogens with two attached hydrogens (primary N) is 1. The molecule has 1 aliphatic heterocycles. The van der Waals surface area contributed by atoms with Gasteiger partial charge < -0.3 is 11.1 Å². The van der Waals surface area contributed by atoms with Crippen molar-refractivity contribution >= 4 is 41.2 Å². The Hall–Kier alpha value is -1.87. The van der Waals surface area contributed by atoms with E-state index >= 15 is 0 Å². The normalized spacial score (nSPS) is 21.6. The van der Waals surface area contributed by atoms with Crippen molar-refractivity contribution in [3.8, 4) is 0 Å². The molecule has 0 unspecified atom stereocenters. The van der Waals surface area contributed by atoms with Crippen molar-refractivity contribution in [1.82, 2.24) is 0 Å². The van der Waals surface area contributed by atoms with Crippen LogP contribution in [-0.2, 0) is 23.0 Å². The molecule has 0 saturated carbocycles. The standard InChI is InChI=1S/C15H18FN5OS2/c1-8(21-18)12(23)13(22)19-9-3-4-11(16)10(7-9)15(2)5-6-24-14(17)20-15/h3-4,7,18,23H,5-6H2,1-2H3,(H2,17,20)(H,19,22)/p+1/b12-8-,21-18?/t15-/m0/s1. The summed E-state index contributed by atoms with van der Waals surface area (Å²) in [7, 11) is 0. The van der Waals surface area contributed by atoms with Crippen molar-refractivity contribution in [2.24, 2.45) is 15.8 Å². The van der Waals surface area contributed by atoms with E-state index < -0.39 is 17.3 Å². The number of rotatable bonds is 4. The van der Waals surface area contributed by atoms with Crippen LogP contribution in [0, 0.1) is 11.3 Å². The second-order valence-corrected chi connectivity index (χ2v) is 7.16. The molecule has 0 saturated heterocycles. The van der Waals surface area contributed by atoms with E-state index in [1.54, 1.807) is 6.07 Å². The van der Waals surface area contributed by atoms with Crippen LogP contribution < -0.4 is 11.1 Å². The molecule has 0 bridgehead atoms. The Morgan fingerprint density at radius 2 is 2.29 bits per heavy atom. The molecular weight excluding hydrogens is 349 g/mol. The Labute approximate surface area is 149 Å². The highest BCUT2D eigenvalue weighted by Gasteiger charge is 2.32. The van der Waals surface area contributed by atoms with Crippen molar-refractivity contribution in [1.29, 1.82) is 5.53 Å². The predicted molar refractivity (Wildman–Crippen MR) is 99.1 cm³/mol. The Balaban J connectivity index is 2.35. The summed E-state index contributed by atoms with van der Waals surface area (Å²) in [6.45, 7) is 3.35. The van der Waals surface area contributed by atoms with Crippen LogP contribution in [0.5, 0.6) is 0 Å². The lowest BCUT2D eigenvalue weighted by Gasteiger charge is -2.30. The average Bonchev–Trinajstić information content (AvgIpc) is 2.54. The lowest BCUT2D eigenvalue weighted by molar-refractivity contribution is -0.112. The Morgan fingerprint density at radius 1 is 1.58 bits per heavy atom. The van der Waals surface area contributed by atoms with Crippen LogP contribution in [0.1, 0.15) is 25.8 Å². The number of halogens is 1. The van der Waals surface area contributed by atoms with E-state index in [2.05, 4.69) is 28.1 Å². The van der Waals surface area contributed by atoms with Gasteiger partial charge in [0.05, 0.1) is 5.54 Å². The third-order valence-electron chi connectivity index (χ3n) is 3.76. The summed E-state index contributed by atoms with van der Waals surface area (Å²) in [5, 5.41) is 6.28. The molecule has 9 heteroatoms. The molecule has 0 aliphatic carbocycles. The number of benzene rings is 1. The van der Waals surface area contributed by atoms with E-state index in [1.165, 1.54) is 30.8 Å². The number of nitrogens with zero attached hydrogens (tertiary/aromatic N) is 2. The maximum absolute atomic E-state index is 14.3. The number of hydrogen-bond acceptors (Lipinski definition) is 6. The molecule has 1 amide bonds. The van der Waals surface area contributed by atoms with Gasteiger partial charge in [-0.3, -0.25) is 9.79 Å². The zero-order chi connectivity index (χ0) is 17.9. The van der Waals surface area contributed by atoms with Crippen molar-refractivity contribution in [2.45, 2.75) is 25.8 Å². The molecule has 1 heterocycles. The van der Waals surface area contributed by atoms with E-state index in [-0.39, 0.29) is 10.6 Å². The lowest BCUT2D eigenvalue weighted by Crippen LogP contribution is -2.29. The van der Waals surface area contributed by atoms with Crippen LogP contribution in [0.25, 0.3) is 0 Å². The lowest BCUT2D eigenvalue weighted by atomic mass is 9.89. The summed E-state index contributed by atoms with van der Waals surface area (Å²) in [5.41, 5.74) is 13.0. The third-order valence-corrected chi connectivity index (χ3v) is 5.14. The van der Waals surface area contributed by atoms with Crippen molar-refractivity contribution < 1.29 is 9.18 Å². The van der Waals surface area contributed by atoms with E-state index in [0.29, 0.717) is 22.8 Å². The van der Waals surface area contributed by atoms with Gasteiger partial charge in [0.1, 0.15) is 11.5 Å². The second-order valence-electron chi connectivity index (χ2n) is 5.54. The molecule has 2 rings (SSSR count). The molecule has 1 aromatic rings. The number of hydrogen-bond donors (Lipinski definition) is 3. The second kappa shape index (κ2) is 7.35. The first-order chi connectivity index (χ1) is 11.3.